The number of aromatic nitrogens is 2. The molecule has 38 heavy (non-hydrogen) atoms. The topological polar surface area (TPSA) is 94.9 Å². The fraction of sp³-hybridized carbons (Fsp3) is 0.517. The van der Waals surface area contributed by atoms with Gasteiger partial charge in [0, 0.05) is 55.7 Å². The van der Waals surface area contributed by atoms with E-state index in [0.29, 0.717) is 19.3 Å². The molecule has 1 aromatic heterocycles. The molecule has 6 rings (SSSR count). The number of nitrogens with one attached hydrogen (secondary N) is 2. The molecule has 9 heteroatoms. The lowest BCUT2D eigenvalue weighted by Crippen LogP contribution is -2.47. The third-order valence-corrected chi connectivity index (χ3v) is 7.84. The molecule has 3 aliphatic rings. The number of rotatable bonds is 9. The fourth-order valence-corrected chi connectivity index (χ4v) is 5.66. The van der Waals surface area contributed by atoms with Crippen LogP contribution in [0.4, 0.5) is 17.1 Å². The molecule has 0 radical (unpaired) electrons. The first-order chi connectivity index (χ1) is 18.5. The van der Waals surface area contributed by atoms with Crippen LogP contribution in [0, 0.1) is 5.92 Å². The van der Waals surface area contributed by atoms with Gasteiger partial charge in [-0.2, -0.15) is 0 Å². The number of carbonyl (C=O) groups excluding carboxylic acids is 1. The molecule has 2 fully saturated rings. The molecule has 2 aliphatic heterocycles. The Bertz CT molecular complexity index is 1310. The minimum Gasteiger partial charge on any atom is -0.394 e. The van der Waals surface area contributed by atoms with Gasteiger partial charge in [0.15, 0.2) is 0 Å². The molecule has 0 spiro atoms. The molecular weight excluding hydrogens is 480 g/mol. The maximum Gasteiger partial charge on any atom is 0.247 e. The van der Waals surface area contributed by atoms with Crippen molar-refractivity contribution in [3.05, 3.63) is 36.4 Å². The third kappa shape index (κ3) is 4.98. The van der Waals surface area contributed by atoms with E-state index in [1.54, 1.807) is 0 Å². The summed E-state index contributed by atoms with van der Waals surface area (Å²) in [6, 6.07) is 12.9. The van der Waals surface area contributed by atoms with E-state index in [4.69, 9.17) is 14.8 Å². The van der Waals surface area contributed by atoms with Gasteiger partial charge in [0.2, 0.25) is 5.91 Å². The number of benzene rings is 2. The van der Waals surface area contributed by atoms with Crippen molar-refractivity contribution in [3.8, 4) is 11.4 Å². The predicted octanol–water partition coefficient (Wildman–Crippen LogP) is 3.56. The summed E-state index contributed by atoms with van der Waals surface area (Å²) in [6.07, 6.45) is 2.41. The fourth-order valence-electron chi connectivity index (χ4n) is 5.66. The van der Waals surface area contributed by atoms with E-state index >= 15 is 0 Å². The van der Waals surface area contributed by atoms with Crippen LogP contribution in [0.25, 0.3) is 22.4 Å². The lowest BCUT2D eigenvalue weighted by molar-refractivity contribution is -0.120. The van der Waals surface area contributed by atoms with Crippen molar-refractivity contribution >= 4 is 34.0 Å². The molecular formula is C29H38N6O3. The predicted molar refractivity (Wildman–Crippen MR) is 151 cm³/mol. The standard InChI is InChI=1S/C29H38N6O3/c1-19(2)27-29(37)32-24-7-5-21(30-20-3-4-20)17-23(24)28-31-25-18-22(6-8-26(25)35(27)28)34-11-9-33(10-12-34)13-15-38-16-14-36/h5-8,17-20,27,30,36H,3-4,9-16H2,1-2H3,(H,32,37). The Hall–Kier alpha value is -3.14. The van der Waals surface area contributed by atoms with Gasteiger partial charge in [-0.1, -0.05) is 13.8 Å². The van der Waals surface area contributed by atoms with E-state index in [1.165, 1.54) is 12.8 Å². The normalized spacial score (nSPS) is 19.8. The van der Waals surface area contributed by atoms with E-state index in [-0.39, 0.29) is 24.5 Å². The van der Waals surface area contributed by atoms with Gasteiger partial charge in [0.25, 0.3) is 0 Å². The van der Waals surface area contributed by atoms with Gasteiger partial charge in [-0.25, -0.2) is 4.98 Å². The smallest absolute Gasteiger partial charge is 0.247 e. The van der Waals surface area contributed by atoms with Gasteiger partial charge in [-0.3, -0.25) is 9.69 Å². The zero-order valence-electron chi connectivity index (χ0n) is 22.3. The highest BCUT2D eigenvalue weighted by Crippen LogP contribution is 2.41. The molecule has 1 aliphatic carbocycles. The first-order valence-electron chi connectivity index (χ1n) is 13.9. The number of nitrogens with zero attached hydrogens (tertiary/aromatic N) is 4. The largest absolute Gasteiger partial charge is 0.394 e. The van der Waals surface area contributed by atoms with Gasteiger partial charge in [-0.05, 0) is 55.2 Å². The van der Waals surface area contributed by atoms with Crippen LogP contribution >= 0.6 is 0 Å². The molecule has 202 valence electrons. The Labute approximate surface area is 223 Å². The minimum atomic E-state index is -0.343. The molecule has 1 atom stereocenters. The van der Waals surface area contributed by atoms with Crippen molar-refractivity contribution in [1.82, 2.24) is 14.5 Å². The van der Waals surface area contributed by atoms with Gasteiger partial charge in [-0.15, -0.1) is 0 Å². The van der Waals surface area contributed by atoms with Gasteiger partial charge in [0.1, 0.15) is 11.9 Å². The molecule has 3 aromatic rings. The number of hydrogen-bond donors (Lipinski definition) is 3. The summed E-state index contributed by atoms with van der Waals surface area (Å²) in [4.78, 5) is 23.4. The number of amides is 1. The lowest BCUT2D eigenvalue weighted by Gasteiger charge is -2.36. The second kappa shape index (κ2) is 10.6. The van der Waals surface area contributed by atoms with Crippen molar-refractivity contribution in [3.63, 3.8) is 0 Å². The minimum absolute atomic E-state index is 0.00497. The summed E-state index contributed by atoms with van der Waals surface area (Å²) in [6.45, 7) is 10.0. The molecule has 3 heterocycles. The number of ether oxygens (including phenoxy) is 1. The number of imidazole rings is 1. The third-order valence-electron chi connectivity index (χ3n) is 7.84. The van der Waals surface area contributed by atoms with E-state index in [1.807, 2.05) is 6.07 Å². The summed E-state index contributed by atoms with van der Waals surface area (Å²) in [5.41, 5.74) is 5.92. The Balaban J connectivity index is 1.31. The van der Waals surface area contributed by atoms with Gasteiger partial charge >= 0.3 is 0 Å². The van der Waals surface area contributed by atoms with E-state index in [0.717, 1.165) is 72.2 Å². The summed E-state index contributed by atoms with van der Waals surface area (Å²) in [5.74, 6) is 0.959. The molecule has 1 saturated heterocycles. The Kier molecular flexibility index (Phi) is 6.99. The number of hydrogen-bond acceptors (Lipinski definition) is 7. The van der Waals surface area contributed by atoms with E-state index in [2.05, 4.69) is 69.2 Å². The van der Waals surface area contributed by atoms with E-state index < -0.39 is 0 Å². The summed E-state index contributed by atoms with van der Waals surface area (Å²) in [5, 5.41) is 15.6. The first kappa shape index (κ1) is 25.2. The quantitative estimate of drug-likeness (QED) is 0.373. The van der Waals surface area contributed by atoms with Crippen LogP contribution in [0.5, 0.6) is 0 Å². The average Bonchev–Trinajstić information content (AvgIpc) is 3.68. The van der Waals surface area contributed by atoms with Crippen molar-refractivity contribution in [2.75, 3.05) is 68.1 Å². The zero-order valence-corrected chi connectivity index (χ0v) is 22.3. The molecule has 2 aromatic carbocycles. The maximum atomic E-state index is 13.4. The van der Waals surface area contributed by atoms with Crippen molar-refractivity contribution < 1.29 is 14.6 Å². The number of carbonyl (C=O) groups is 1. The maximum absolute atomic E-state index is 13.4. The highest BCUT2D eigenvalue weighted by Gasteiger charge is 2.34. The highest BCUT2D eigenvalue weighted by atomic mass is 16.5. The lowest BCUT2D eigenvalue weighted by atomic mass is 10.0. The van der Waals surface area contributed by atoms with Crippen LogP contribution in [0.1, 0.15) is 32.7 Å². The van der Waals surface area contributed by atoms with E-state index in [9.17, 15) is 4.79 Å². The molecule has 1 amide bonds. The zero-order chi connectivity index (χ0) is 26.2. The Morgan fingerprint density at radius 3 is 2.66 bits per heavy atom. The van der Waals surface area contributed by atoms with Crippen molar-refractivity contribution in [2.24, 2.45) is 5.92 Å². The van der Waals surface area contributed by atoms with Crippen molar-refractivity contribution in [2.45, 2.75) is 38.8 Å². The molecule has 1 saturated carbocycles. The van der Waals surface area contributed by atoms with Crippen LogP contribution < -0.4 is 15.5 Å². The average molecular weight is 519 g/mol. The number of fused-ring (bicyclic) bond motifs is 5. The number of anilines is 3. The summed E-state index contributed by atoms with van der Waals surface area (Å²) in [7, 11) is 0. The second-order valence-corrected chi connectivity index (χ2v) is 11.0. The SMILES string of the molecule is CC(C)C1C(=O)Nc2ccc(NC3CC3)cc2-c2nc3cc(N4CCN(CCOCCO)CC4)ccc3n21. The highest BCUT2D eigenvalue weighted by molar-refractivity contribution is 6.02. The van der Waals surface area contributed by atoms with Gasteiger partial charge < -0.3 is 29.9 Å². The Morgan fingerprint density at radius 2 is 1.92 bits per heavy atom. The molecule has 0 bridgehead atoms. The molecule has 9 nitrogen and oxygen atoms in total. The summed E-state index contributed by atoms with van der Waals surface area (Å²) < 4.78 is 7.58. The van der Waals surface area contributed by atoms with Crippen LogP contribution in [0.2, 0.25) is 0 Å². The van der Waals surface area contributed by atoms with Crippen LogP contribution in [-0.4, -0.2) is 84.1 Å². The van der Waals surface area contributed by atoms with Crippen LogP contribution in [0.15, 0.2) is 36.4 Å². The molecule has 3 N–H and O–H groups in total. The first-order valence-corrected chi connectivity index (χ1v) is 13.9. The van der Waals surface area contributed by atoms with Gasteiger partial charge in [0.05, 0.1) is 36.5 Å². The molecule has 1 unspecified atom stereocenters. The van der Waals surface area contributed by atoms with Crippen LogP contribution in [-0.2, 0) is 9.53 Å². The number of piperazine rings is 1. The van der Waals surface area contributed by atoms with Crippen molar-refractivity contribution in [1.29, 1.82) is 0 Å². The number of aliphatic hydroxyl groups is 1. The summed E-state index contributed by atoms with van der Waals surface area (Å²) >= 11 is 0. The second-order valence-electron chi connectivity index (χ2n) is 11.0. The number of aliphatic hydroxyl groups excluding tert-OH is 1. The van der Waals surface area contributed by atoms with Crippen LogP contribution in [0.3, 0.4) is 0 Å². The monoisotopic (exact) mass is 518 g/mol. The Morgan fingerprint density at radius 1 is 1.11 bits per heavy atom.